The number of benzene rings is 2. The van der Waals surface area contributed by atoms with Crippen molar-refractivity contribution in [2.45, 2.75) is 32.0 Å². The summed E-state index contributed by atoms with van der Waals surface area (Å²) >= 11 is 6.20. The number of halogens is 1. The van der Waals surface area contributed by atoms with Crippen LogP contribution in [0.2, 0.25) is 5.02 Å². The third-order valence-electron chi connectivity index (χ3n) is 4.60. The summed E-state index contributed by atoms with van der Waals surface area (Å²) in [5.74, 6) is 1.76. The van der Waals surface area contributed by atoms with Crippen LogP contribution in [0.3, 0.4) is 0 Å². The fourth-order valence-electron chi connectivity index (χ4n) is 3.36. The lowest BCUT2D eigenvalue weighted by Gasteiger charge is -2.37. The van der Waals surface area contributed by atoms with E-state index in [1.165, 1.54) is 0 Å². The van der Waals surface area contributed by atoms with Gasteiger partial charge in [0.2, 0.25) is 0 Å². The van der Waals surface area contributed by atoms with Gasteiger partial charge < -0.3 is 9.47 Å². The van der Waals surface area contributed by atoms with Crippen molar-refractivity contribution < 1.29 is 9.47 Å². The van der Waals surface area contributed by atoms with Crippen LogP contribution in [0.25, 0.3) is 0 Å². The van der Waals surface area contributed by atoms with Gasteiger partial charge in [0, 0.05) is 23.4 Å². The molecule has 5 heteroatoms. The van der Waals surface area contributed by atoms with Crippen LogP contribution in [-0.2, 0) is 0 Å². The molecular weight excluding hydrogens is 324 g/mol. The maximum atomic E-state index is 6.20. The van der Waals surface area contributed by atoms with E-state index in [2.05, 4.69) is 24.1 Å². The van der Waals surface area contributed by atoms with E-state index in [-0.39, 0.29) is 12.3 Å². The predicted octanol–water partition coefficient (Wildman–Crippen LogP) is 4.63. The Kier molecular flexibility index (Phi) is 3.85. The molecule has 2 aromatic rings. The number of rotatable bonds is 3. The van der Waals surface area contributed by atoms with Crippen molar-refractivity contribution in [3.63, 3.8) is 0 Å². The number of ether oxygens (including phenoxy) is 2. The molecule has 0 N–H and O–H groups in total. The Labute approximate surface area is 146 Å². The van der Waals surface area contributed by atoms with Gasteiger partial charge in [-0.3, -0.25) is 5.01 Å². The molecular formula is C19H19ClN2O2. The first-order chi connectivity index (χ1) is 11.7. The molecule has 0 saturated carbocycles. The first kappa shape index (κ1) is 15.3. The van der Waals surface area contributed by atoms with Gasteiger partial charge in [-0.25, -0.2) is 0 Å². The highest BCUT2D eigenvalue weighted by Crippen LogP contribution is 2.44. The van der Waals surface area contributed by atoms with Crippen molar-refractivity contribution in [1.29, 1.82) is 0 Å². The SMILES string of the molecule is CC[C@@H]1Oc2ccc(Cl)cc2[C@H]2CC(c3ccc(OC)cc3)=NN12. The van der Waals surface area contributed by atoms with Gasteiger partial charge in [0.15, 0.2) is 6.23 Å². The fraction of sp³-hybridized carbons (Fsp3) is 0.316. The summed E-state index contributed by atoms with van der Waals surface area (Å²) in [7, 11) is 1.67. The predicted molar refractivity (Wildman–Crippen MR) is 94.9 cm³/mol. The molecule has 0 aliphatic carbocycles. The summed E-state index contributed by atoms with van der Waals surface area (Å²) in [6, 6.07) is 14.0. The maximum Gasteiger partial charge on any atom is 0.187 e. The number of hydrogen-bond acceptors (Lipinski definition) is 4. The summed E-state index contributed by atoms with van der Waals surface area (Å²) in [5, 5.41) is 7.67. The van der Waals surface area contributed by atoms with E-state index in [1.54, 1.807) is 7.11 Å². The first-order valence-electron chi connectivity index (χ1n) is 8.16. The van der Waals surface area contributed by atoms with Crippen LogP contribution in [0.5, 0.6) is 11.5 Å². The van der Waals surface area contributed by atoms with Crippen molar-refractivity contribution >= 4 is 17.3 Å². The van der Waals surface area contributed by atoms with Crippen molar-refractivity contribution in [2.24, 2.45) is 5.10 Å². The Morgan fingerprint density at radius 1 is 1.25 bits per heavy atom. The van der Waals surface area contributed by atoms with Gasteiger partial charge in [-0.2, -0.15) is 5.10 Å². The fourth-order valence-corrected chi connectivity index (χ4v) is 3.54. The smallest absolute Gasteiger partial charge is 0.187 e. The summed E-state index contributed by atoms with van der Waals surface area (Å²) in [5.41, 5.74) is 3.29. The lowest BCUT2D eigenvalue weighted by Crippen LogP contribution is -2.39. The average molecular weight is 343 g/mol. The molecule has 2 aliphatic rings. The van der Waals surface area contributed by atoms with E-state index < -0.39 is 0 Å². The highest BCUT2D eigenvalue weighted by atomic mass is 35.5. The molecule has 0 unspecified atom stereocenters. The molecule has 0 saturated heterocycles. The number of fused-ring (bicyclic) bond motifs is 3. The molecule has 4 rings (SSSR count). The first-order valence-corrected chi connectivity index (χ1v) is 8.53. The van der Waals surface area contributed by atoms with Crippen molar-refractivity contribution in [3.8, 4) is 11.5 Å². The molecule has 2 aromatic carbocycles. The topological polar surface area (TPSA) is 34.1 Å². The van der Waals surface area contributed by atoms with E-state index >= 15 is 0 Å². The zero-order chi connectivity index (χ0) is 16.7. The number of methoxy groups -OCH3 is 1. The minimum atomic E-state index is -0.0422. The number of hydrazone groups is 1. The largest absolute Gasteiger partial charge is 0.497 e. The minimum Gasteiger partial charge on any atom is -0.497 e. The van der Waals surface area contributed by atoms with Gasteiger partial charge in [0.25, 0.3) is 0 Å². The molecule has 0 amide bonds. The highest BCUT2D eigenvalue weighted by Gasteiger charge is 2.39. The second kappa shape index (κ2) is 6.02. The Balaban J connectivity index is 1.70. The van der Waals surface area contributed by atoms with E-state index in [0.29, 0.717) is 0 Å². The molecule has 0 bridgehead atoms. The van der Waals surface area contributed by atoms with Crippen LogP contribution in [0.4, 0.5) is 0 Å². The summed E-state index contributed by atoms with van der Waals surface area (Å²) < 4.78 is 11.3. The van der Waals surface area contributed by atoms with Crippen LogP contribution in [0, 0.1) is 0 Å². The normalized spacial score (nSPS) is 21.6. The lowest BCUT2D eigenvalue weighted by molar-refractivity contribution is -0.0188. The Morgan fingerprint density at radius 2 is 2.04 bits per heavy atom. The van der Waals surface area contributed by atoms with Crippen molar-refractivity contribution in [2.75, 3.05) is 7.11 Å². The van der Waals surface area contributed by atoms with Crippen LogP contribution < -0.4 is 9.47 Å². The van der Waals surface area contributed by atoms with Crippen LogP contribution >= 0.6 is 11.6 Å². The summed E-state index contributed by atoms with van der Waals surface area (Å²) in [6.07, 6.45) is 1.68. The van der Waals surface area contributed by atoms with Crippen LogP contribution in [0.15, 0.2) is 47.6 Å². The summed E-state index contributed by atoms with van der Waals surface area (Å²) in [6.45, 7) is 2.11. The van der Waals surface area contributed by atoms with E-state index in [9.17, 15) is 0 Å². The second-order valence-corrected chi connectivity index (χ2v) is 6.47. The van der Waals surface area contributed by atoms with Crippen molar-refractivity contribution in [1.82, 2.24) is 5.01 Å². The van der Waals surface area contributed by atoms with Gasteiger partial charge >= 0.3 is 0 Å². The molecule has 0 fully saturated rings. The van der Waals surface area contributed by atoms with Gasteiger partial charge in [-0.15, -0.1) is 0 Å². The molecule has 24 heavy (non-hydrogen) atoms. The molecule has 0 aromatic heterocycles. The van der Waals surface area contributed by atoms with E-state index in [4.69, 9.17) is 26.2 Å². The zero-order valence-corrected chi connectivity index (χ0v) is 14.5. The lowest BCUT2D eigenvalue weighted by atomic mass is 9.96. The average Bonchev–Trinajstić information content (AvgIpc) is 3.07. The van der Waals surface area contributed by atoms with Gasteiger partial charge in [0.05, 0.1) is 18.9 Å². The standard InChI is InChI=1S/C19H19ClN2O2/c1-3-19-22-17(15-10-13(20)6-9-18(15)24-19)11-16(21-22)12-4-7-14(23-2)8-5-12/h4-10,17,19H,3,11H2,1-2H3/t17-,19+/m1/s1. The van der Waals surface area contributed by atoms with Crippen molar-refractivity contribution in [3.05, 3.63) is 58.6 Å². The maximum absolute atomic E-state index is 6.20. The number of hydrogen-bond donors (Lipinski definition) is 0. The number of nitrogens with zero attached hydrogens (tertiary/aromatic N) is 2. The van der Waals surface area contributed by atoms with Gasteiger partial charge in [-0.1, -0.05) is 18.5 Å². The molecule has 124 valence electrons. The Bertz CT molecular complexity index is 788. The highest BCUT2D eigenvalue weighted by molar-refractivity contribution is 6.30. The van der Waals surface area contributed by atoms with Crippen LogP contribution in [-0.4, -0.2) is 24.1 Å². The van der Waals surface area contributed by atoms with E-state index in [0.717, 1.165) is 46.2 Å². The molecule has 4 nitrogen and oxygen atoms in total. The molecule has 2 atom stereocenters. The summed E-state index contributed by atoms with van der Waals surface area (Å²) in [4.78, 5) is 0. The Morgan fingerprint density at radius 3 is 2.75 bits per heavy atom. The molecule has 2 heterocycles. The minimum absolute atomic E-state index is 0.0422. The van der Waals surface area contributed by atoms with E-state index in [1.807, 2.05) is 30.3 Å². The van der Waals surface area contributed by atoms with Crippen LogP contribution in [0.1, 0.15) is 36.9 Å². The monoisotopic (exact) mass is 342 g/mol. The molecule has 2 aliphatic heterocycles. The zero-order valence-electron chi connectivity index (χ0n) is 13.7. The molecule has 0 radical (unpaired) electrons. The Hall–Kier alpha value is -2.20. The van der Waals surface area contributed by atoms with Gasteiger partial charge in [0.1, 0.15) is 11.5 Å². The quantitative estimate of drug-likeness (QED) is 0.815. The third kappa shape index (κ3) is 2.51. The third-order valence-corrected chi connectivity index (χ3v) is 4.84. The second-order valence-electron chi connectivity index (χ2n) is 6.04. The molecule has 0 spiro atoms. The van der Waals surface area contributed by atoms with Gasteiger partial charge in [-0.05, 0) is 48.0 Å².